The molecule has 0 fully saturated rings. The number of rotatable bonds is 2. The minimum atomic E-state index is -0.572. The lowest BCUT2D eigenvalue weighted by molar-refractivity contribution is 0.223. The van der Waals surface area contributed by atoms with E-state index < -0.39 is 6.10 Å². The monoisotopic (exact) mass is 252 g/mol. The van der Waals surface area contributed by atoms with Crippen molar-refractivity contribution >= 4 is 22.9 Å². The zero-order valence-electron chi connectivity index (χ0n) is 9.20. The van der Waals surface area contributed by atoms with E-state index in [1.165, 1.54) is 11.3 Å². The molecule has 0 aliphatic heterocycles. The van der Waals surface area contributed by atoms with Gasteiger partial charge in [0.2, 0.25) is 0 Å². The molecular weight excluding hydrogens is 240 g/mol. The molecular formula is C13H13ClOS. The normalized spacial score (nSPS) is 12.8. The highest BCUT2D eigenvalue weighted by molar-refractivity contribution is 7.16. The lowest BCUT2D eigenvalue weighted by atomic mass is 10.0. The van der Waals surface area contributed by atoms with Gasteiger partial charge in [0.15, 0.2) is 0 Å². The van der Waals surface area contributed by atoms with Gasteiger partial charge in [-0.25, -0.2) is 0 Å². The fourth-order valence-electron chi connectivity index (χ4n) is 1.67. The first kappa shape index (κ1) is 11.6. The number of halogens is 1. The van der Waals surface area contributed by atoms with Crippen LogP contribution in [0.2, 0.25) is 4.34 Å². The highest BCUT2D eigenvalue weighted by atomic mass is 35.5. The Labute approximate surface area is 104 Å². The van der Waals surface area contributed by atoms with Crippen molar-refractivity contribution in [2.45, 2.75) is 20.0 Å². The van der Waals surface area contributed by atoms with Crippen LogP contribution in [0.5, 0.6) is 0 Å². The molecule has 0 bridgehead atoms. The van der Waals surface area contributed by atoms with Crippen LogP contribution in [-0.4, -0.2) is 5.11 Å². The summed E-state index contributed by atoms with van der Waals surface area (Å²) in [5.41, 5.74) is 3.06. The smallest absolute Gasteiger partial charge is 0.114 e. The summed E-state index contributed by atoms with van der Waals surface area (Å²) in [5, 5.41) is 10.3. The third-order valence-electron chi connectivity index (χ3n) is 2.63. The molecule has 0 amide bonds. The second-order valence-electron chi connectivity index (χ2n) is 3.86. The van der Waals surface area contributed by atoms with E-state index in [4.69, 9.17) is 11.6 Å². The van der Waals surface area contributed by atoms with Gasteiger partial charge < -0.3 is 5.11 Å². The quantitative estimate of drug-likeness (QED) is 0.853. The molecule has 84 valence electrons. The average molecular weight is 253 g/mol. The van der Waals surface area contributed by atoms with E-state index in [0.717, 1.165) is 25.9 Å². The summed E-state index contributed by atoms with van der Waals surface area (Å²) in [5.74, 6) is 0. The predicted molar refractivity (Wildman–Crippen MR) is 69.3 cm³/mol. The molecule has 1 atom stereocenters. The van der Waals surface area contributed by atoms with E-state index in [9.17, 15) is 5.11 Å². The number of aryl methyl sites for hydroxylation is 2. The lowest BCUT2D eigenvalue weighted by Gasteiger charge is -2.11. The van der Waals surface area contributed by atoms with Crippen molar-refractivity contribution in [3.63, 3.8) is 0 Å². The van der Waals surface area contributed by atoms with Crippen LogP contribution >= 0.6 is 22.9 Å². The van der Waals surface area contributed by atoms with Crippen LogP contribution in [0.25, 0.3) is 0 Å². The first-order valence-corrected chi connectivity index (χ1v) is 6.28. The molecule has 1 nitrogen and oxygen atoms in total. The molecule has 1 N–H and O–H groups in total. The van der Waals surface area contributed by atoms with E-state index >= 15 is 0 Å². The molecule has 2 rings (SSSR count). The van der Waals surface area contributed by atoms with Crippen molar-refractivity contribution in [2.24, 2.45) is 0 Å². The maximum atomic E-state index is 10.3. The van der Waals surface area contributed by atoms with Crippen molar-refractivity contribution < 1.29 is 5.11 Å². The number of benzene rings is 1. The highest BCUT2D eigenvalue weighted by Gasteiger charge is 2.15. The number of hydrogen-bond acceptors (Lipinski definition) is 2. The molecule has 3 heteroatoms. The Kier molecular flexibility index (Phi) is 3.33. The molecule has 0 radical (unpaired) electrons. The molecule has 1 aromatic carbocycles. The first-order valence-electron chi connectivity index (χ1n) is 5.09. The minimum Gasteiger partial charge on any atom is -0.383 e. The van der Waals surface area contributed by atoms with Gasteiger partial charge in [-0.1, -0.05) is 35.9 Å². The molecule has 1 aromatic heterocycles. The van der Waals surface area contributed by atoms with E-state index in [1.54, 1.807) is 0 Å². The van der Waals surface area contributed by atoms with Gasteiger partial charge in [0, 0.05) is 4.88 Å². The Morgan fingerprint density at radius 3 is 2.44 bits per heavy atom. The molecule has 0 saturated carbocycles. The fourth-order valence-corrected chi connectivity index (χ4v) is 2.89. The topological polar surface area (TPSA) is 20.2 Å². The third kappa shape index (κ3) is 2.14. The van der Waals surface area contributed by atoms with Crippen LogP contribution in [-0.2, 0) is 0 Å². The Bertz CT molecular complexity index is 485. The molecule has 16 heavy (non-hydrogen) atoms. The molecule has 0 aliphatic carbocycles. The highest BCUT2D eigenvalue weighted by Crippen LogP contribution is 2.34. The zero-order valence-corrected chi connectivity index (χ0v) is 10.8. The Balaban J connectivity index is 2.39. The Morgan fingerprint density at radius 2 is 1.88 bits per heavy atom. The van der Waals surface area contributed by atoms with Gasteiger partial charge in [-0.15, -0.1) is 11.3 Å². The molecule has 1 unspecified atom stereocenters. The number of aliphatic hydroxyl groups excluding tert-OH is 1. The zero-order chi connectivity index (χ0) is 11.7. The summed E-state index contributed by atoms with van der Waals surface area (Å²) in [6.07, 6.45) is -0.572. The SMILES string of the molecule is Cc1ccccc1C(O)c1cc(C)c(Cl)s1. The summed E-state index contributed by atoms with van der Waals surface area (Å²) in [7, 11) is 0. The van der Waals surface area contributed by atoms with Crippen molar-refractivity contribution in [3.05, 3.63) is 56.2 Å². The molecule has 0 spiro atoms. The third-order valence-corrected chi connectivity index (χ3v) is 4.24. The number of aliphatic hydroxyl groups is 1. The van der Waals surface area contributed by atoms with E-state index in [-0.39, 0.29) is 0 Å². The lowest BCUT2D eigenvalue weighted by Crippen LogP contribution is -1.99. The van der Waals surface area contributed by atoms with Crippen molar-refractivity contribution in [1.29, 1.82) is 0 Å². The van der Waals surface area contributed by atoms with Crippen LogP contribution in [0.3, 0.4) is 0 Å². The maximum Gasteiger partial charge on any atom is 0.114 e. The Morgan fingerprint density at radius 1 is 1.19 bits per heavy atom. The maximum absolute atomic E-state index is 10.3. The molecule has 1 heterocycles. The van der Waals surface area contributed by atoms with Gasteiger partial charge in [0.25, 0.3) is 0 Å². The van der Waals surface area contributed by atoms with Crippen LogP contribution in [0, 0.1) is 13.8 Å². The van der Waals surface area contributed by atoms with Crippen molar-refractivity contribution in [2.75, 3.05) is 0 Å². The van der Waals surface area contributed by atoms with Gasteiger partial charge in [-0.05, 0) is 36.6 Å². The summed E-state index contributed by atoms with van der Waals surface area (Å²) in [6.45, 7) is 3.95. The average Bonchev–Trinajstić information content (AvgIpc) is 2.59. The van der Waals surface area contributed by atoms with E-state index in [2.05, 4.69) is 0 Å². The fraction of sp³-hybridized carbons (Fsp3) is 0.231. The van der Waals surface area contributed by atoms with Gasteiger partial charge in [-0.3, -0.25) is 0 Å². The molecule has 2 aromatic rings. The van der Waals surface area contributed by atoms with Crippen LogP contribution in [0.1, 0.15) is 27.7 Å². The predicted octanol–water partition coefficient (Wildman–Crippen LogP) is 4.10. The standard InChI is InChI=1S/C13H13ClOS/c1-8-5-3-4-6-10(8)12(15)11-7-9(2)13(14)16-11/h3-7,12,15H,1-2H3. The number of thiophene rings is 1. The van der Waals surface area contributed by atoms with Crippen LogP contribution < -0.4 is 0 Å². The Hall–Kier alpha value is -0.830. The second kappa shape index (κ2) is 4.58. The second-order valence-corrected chi connectivity index (χ2v) is 5.55. The van der Waals surface area contributed by atoms with Gasteiger partial charge in [-0.2, -0.15) is 0 Å². The number of hydrogen-bond donors (Lipinski definition) is 1. The summed E-state index contributed by atoms with van der Waals surface area (Å²) in [4.78, 5) is 0.900. The minimum absolute atomic E-state index is 0.572. The van der Waals surface area contributed by atoms with Crippen molar-refractivity contribution in [3.8, 4) is 0 Å². The van der Waals surface area contributed by atoms with Gasteiger partial charge in [0.05, 0.1) is 4.34 Å². The van der Waals surface area contributed by atoms with Gasteiger partial charge in [0.1, 0.15) is 6.10 Å². The first-order chi connectivity index (χ1) is 7.59. The van der Waals surface area contributed by atoms with Crippen LogP contribution in [0.15, 0.2) is 30.3 Å². The van der Waals surface area contributed by atoms with E-state index in [0.29, 0.717) is 0 Å². The summed E-state index contributed by atoms with van der Waals surface area (Å²) in [6, 6.07) is 9.81. The molecule has 0 aliphatic rings. The summed E-state index contributed by atoms with van der Waals surface area (Å²) < 4.78 is 0.752. The van der Waals surface area contributed by atoms with E-state index in [1.807, 2.05) is 44.2 Å². The van der Waals surface area contributed by atoms with Crippen molar-refractivity contribution in [1.82, 2.24) is 0 Å². The largest absolute Gasteiger partial charge is 0.383 e. The summed E-state index contributed by atoms with van der Waals surface area (Å²) >= 11 is 7.45. The van der Waals surface area contributed by atoms with Crippen LogP contribution in [0.4, 0.5) is 0 Å². The molecule has 0 saturated heterocycles. The van der Waals surface area contributed by atoms with Gasteiger partial charge >= 0.3 is 0 Å².